The molecule has 2 heterocycles. The van der Waals surface area contributed by atoms with Gasteiger partial charge in [0.2, 0.25) is 5.13 Å². The minimum Gasteiger partial charge on any atom is -0.352 e. The van der Waals surface area contributed by atoms with E-state index in [9.17, 15) is 0 Å². The molecule has 2 aromatic rings. The van der Waals surface area contributed by atoms with Crippen molar-refractivity contribution in [1.82, 2.24) is 10.2 Å². The normalized spacial score (nSPS) is 12.9. The summed E-state index contributed by atoms with van der Waals surface area (Å²) in [5.74, 6) is 0.510. The van der Waals surface area contributed by atoms with Crippen molar-refractivity contribution in [3.8, 4) is 0 Å². The lowest BCUT2D eigenvalue weighted by Gasteiger charge is -2.20. The van der Waals surface area contributed by atoms with Crippen LogP contribution < -0.4 is 5.32 Å². The minimum atomic E-state index is 0.300. The molecule has 2 N–H and O–H groups in total. The first-order valence-corrected chi connectivity index (χ1v) is 7.12. The number of aromatic nitrogens is 2. The number of anilines is 1. The maximum absolute atomic E-state index is 5.01. The number of hydrogen-bond acceptors (Lipinski definition) is 5. The van der Waals surface area contributed by atoms with Crippen molar-refractivity contribution in [2.45, 2.75) is 19.9 Å². The number of nitrogens with one attached hydrogen (secondary N) is 2. The van der Waals surface area contributed by atoms with Crippen LogP contribution in [0.15, 0.2) is 17.5 Å². The molecule has 0 saturated carbocycles. The highest BCUT2D eigenvalue weighted by Gasteiger charge is 2.17. The zero-order chi connectivity index (χ0) is 11.5. The van der Waals surface area contributed by atoms with Crippen molar-refractivity contribution >= 4 is 40.0 Å². The first kappa shape index (κ1) is 11.8. The third kappa shape index (κ3) is 2.69. The van der Waals surface area contributed by atoms with E-state index < -0.39 is 0 Å². The monoisotopic (exact) mass is 271 g/mol. The van der Waals surface area contributed by atoms with Crippen molar-refractivity contribution in [2.24, 2.45) is 5.92 Å². The lowest BCUT2D eigenvalue weighted by molar-refractivity contribution is 0.553. The maximum Gasteiger partial charge on any atom is 0.204 e. The van der Waals surface area contributed by atoms with Crippen LogP contribution in [0.2, 0.25) is 0 Å². The van der Waals surface area contributed by atoms with Crippen LogP contribution in [0.5, 0.6) is 0 Å². The van der Waals surface area contributed by atoms with Gasteiger partial charge in [-0.15, -0.1) is 16.4 Å². The maximum atomic E-state index is 5.01. The van der Waals surface area contributed by atoms with E-state index >= 15 is 0 Å². The van der Waals surface area contributed by atoms with Crippen LogP contribution in [0.1, 0.15) is 24.8 Å². The first-order chi connectivity index (χ1) is 7.66. The van der Waals surface area contributed by atoms with Crippen LogP contribution in [0.25, 0.3) is 0 Å². The average molecular weight is 271 g/mol. The molecule has 0 saturated heterocycles. The SMILES string of the molecule is CC(C)C(Nc1n[nH]c(=S)s1)c1cccs1. The third-order valence-corrected chi connectivity index (χ3v) is 4.21. The van der Waals surface area contributed by atoms with Gasteiger partial charge < -0.3 is 5.32 Å². The zero-order valence-electron chi connectivity index (χ0n) is 9.06. The summed E-state index contributed by atoms with van der Waals surface area (Å²) in [4.78, 5) is 1.33. The Kier molecular flexibility index (Phi) is 3.73. The standard InChI is InChI=1S/C10H13N3S3/c1-6(2)8(7-4-3-5-15-7)11-9-12-13-10(14)16-9/h3-6,8H,1-2H3,(H,11,12)(H,13,14). The molecule has 0 bridgehead atoms. The highest BCUT2D eigenvalue weighted by atomic mass is 32.1. The highest BCUT2D eigenvalue weighted by molar-refractivity contribution is 7.73. The van der Waals surface area contributed by atoms with Crippen molar-refractivity contribution in [2.75, 3.05) is 5.32 Å². The van der Waals surface area contributed by atoms with E-state index in [1.807, 2.05) is 0 Å². The van der Waals surface area contributed by atoms with E-state index in [-0.39, 0.29) is 0 Å². The summed E-state index contributed by atoms with van der Waals surface area (Å²) in [7, 11) is 0. The topological polar surface area (TPSA) is 40.7 Å². The van der Waals surface area contributed by atoms with Crippen molar-refractivity contribution < 1.29 is 0 Å². The highest BCUT2D eigenvalue weighted by Crippen LogP contribution is 2.30. The van der Waals surface area contributed by atoms with Gasteiger partial charge in [0.25, 0.3) is 0 Å². The Morgan fingerprint density at radius 3 is 2.81 bits per heavy atom. The number of nitrogens with zero attached hydrogens (tertiary/aromatic N) is 1. The molecule has 86 valence electrons. The molecule has 0 amide bonds. The molecule has 1 unspecified atom stereocenters. The molecule has 0 aliphatic rings. The largest absolute Gasteiger partial charge is 0.352 e. The molecule has 0 aliphatic heterocycles. The minimum absolute atomic E-state index is 0.300. The number of rotatable bonds is 4. The number of aromatic amines is 1. The molecule has 1 atom stereocenters. The third-order valence-electron chi connectivity index (χ3n) is 2.23. The van der Waals surface area contributed by atoms with Gasteiger partial charge in [-0.1, -0.05) is 31.3 Å². The van der Waals surface area contributed by atoms with Crippen LogP contribution in [-0.4, -0.2) is 10.2 Å². The second-order valence-corrected chi connectivity index (χ2v) is 6.44. The summed E-state index contributed by atoms with van der Waals surface area (Å²) >= 11 is 8.25. The molecular weight excluding hydrogens is 258 g/mol. The van der Waals surface area contributed by atoms with Crippen LogP contribution in [0, 0.1) is 9.87 Å². The Morgan fingerprint density at radius 1 is 1.50 bits per heavy atom. The van der Waals surface area contributed by atoms with Crippen LogP contribution in [0.4, 0.5) is 5.13 Å². The summed E-state index contributed by atoms with van der Waals surface area (Å²) in [5.41, 5.74) is 0. The predicted octanol–water partition coefficient (Wildman–Crippen LogP) is 4.07. The van der Waals surface area contributed by atoms with Gasteiger partial charge >= 0.3 is 0 Å². The molecular formula is C10H13N3S3. The Labute approximate surface area is 108 Å². The van der Waals surface area contributed by atoms with Gasteiger partial charge in [0, 0.05) is 4.88 Å². The summed E-state index contributed by atoms with van der Waals surface area (Å²) < 4.78 is 0.705. The smallest absolute Gasteiger partial charge is 0.204 e. The Bertz CT molecular complexity index is 483. The predicted molar refractivity (Wildman–Crippen MR) is 72.8 cm³/mol. The molecule has 0 aromatic carbocycles. The lowest BCUT2D eigenvalue weighted by Crippen LogP contribution is -2.15. The molecule has 3 nitrogen and oxygen atoms in total. The van der Waals surface area contributed by atoms with Crippen molar-refractivity contribution in [1.29, 1.82) is 0 Å². The second-order valence-electron chi connectivity index (χ2n) is 3.80. The number of hydrogen-bond donors (Lipinski definition) is 2. The molecule has 0 spiro atoms. The van der Waals surface area contributed by atoms with Gasteiger partial charge in [-0.25, -0.2) is 0 Å². The molecule has 16 heavy (non-hydrogen) atoms. The summed E-state index contributed by atoms with van der Waals surface area (Å²) in [6, 6.07) is 4.52. The van der Waals surface area contributed by atoms with Gasteiger partial charge in [-0.2, -0.15) is 0 Å². The summed E-state index contributed by atoms with van der Waals surface area (Å²) in [6.07, 6.45) is 0. The van der Waals surface area contributed by atoms with Crippen molar-refractivity contribution in [3.05, 3.63) is 26.3 Å². The molecule has 2 aromatic heterocycles. The first-order valence-electron chi connectivity index (χ1n) is 5.02. The van der Waals surface area contributed by atoms with Crippen LogP contribution >= 0.6 is 34.9 Å². The molecule has 0 fully saturated rings. The van der Waals surface area contributed by atoms with E-state index in [1.165, 1.54) is 16.2 Å². The zero-order valence-corrected chi connectivity index (χ0v) is 11.5. The Morgan fingerprint density at radius 2 is 2.31 bits per heavy atom. The van der Waals surface area contributed by atoms with E-state index in [0.29, 0.717) is 15.9 Å². The van der Waals surface area contributed by atoms with Gasteiger partial charge in [0.15, 0.2) is 3.95 Å². The van der Waals surface area contributed by atoms with Gasteiger partial charge in [-0.3, -0.25) is 5.10 Å². The quantitative estimate of drug-likeness (QED) is 0.824. The second kappa shape index (κ2) is 5.07. The van der Waals surface area contributed by atoms with E-state index in [1.54, 1.807) is 11.3 Å². The lowest BCUT2D eigenvalue weighted by atomic mass is 10.0. The fourth-order valence-electron chi connectivity index (χ4n) is 1.46. The van der Waals surface area contributed by atoms with Gasteiger partial charge in [0.1, 0.15) is 0 Å². The summed E-state index contributed by atoms with van der Waals surface area (Å²) in [6.45, 7) is 4.40. The van der Waals surface area contributed by atoms with Crippen LogP contribution in [-0.2, 0) is 0 Å². The van der Waals surface area contributed by atoms with E-state index in [0.717, 1.165) is 5.13 Å². The van der Waals surface area contributed by atoms with Gasteiger partial charge in [0.05, 0.1) is 6.04 Å². The number of H-pyrrole nitrogens is 1. The molecule has 0 aliphatic carbocycles. The van der Waals surface area contributed by atoms with Crippen LogP contribution in [0.3, 0.4) is 0 Å². The molecule has 0 radical (unpaired) electrons. The number of thiophene rings is 1. The van der Waals surface area contributed by atoms with Gasteiger partial charge in [-0.05, 0) is 29.6 Å². The Hall–Kier alpha value is -0.720. The fourth-order valence-corrected chi connectivity index (χ4v) is 3.23. The fraction of sp³-hybridized carbons (Fsp3) is 0.400. The van der Waals surface area contributed by atoms with E-state index in [2.05, 4.69) is 46.9 Å². The van der Waals surface area contributed by atoms with E-state index in [4.69, 9.17) is 12.2 Å². The molecule has 2 rings (SSSR count). The Balaban J connectivity index is 2.18. The summed E-state index contributed by atoms with van der Waals surface area (Å²) in [5, 5.41) is 13.3. The molecule has 6 heteroatoms. The average Bonchev–Trinajstić information content (AvgIpc) is 2.84. The van der Waals surface area contributed by atoms with Crippen molar-refractivity contribution in [3.63, 3.8) is 0 Å².